The van der Waals surface area contributed by atoms with E-state index < -0.39 is 12.1 Å². The molecule has 2 fully saturated rings. The van der Waals surface area contributed by atoms with Crippen LogP contribution in [0.3, 0.4) is 0 Å². The quantitative estimate of drug-likeness (QED) is 0.123. The van der Waals surface area contributed by atoms with Crippen LogP contribution in [0.5, 0.6) is 0 Å². The van der Waals surface area contributed by atoms with Gasteiger partial charge in [-0.05, 0) is 83.5 Å². The Balaban J connectivity index is 1.09. The van der Waals surface area contributed by atoms with E-state index in [0.717, 1.165) is 89.8 Å². The molecule has 0 bridgehead atoms. The highest BCUT2D eigenvalue weighted by Gasteiger charge is 2.39. The Morgan fingerprint density at radius 1 is 0.925 bits per heavy atom. The van der Waals surface area contributed by atoms with E-state index in [1.807, 2.05) is 42.8 Å². The van der Waals surface area contributed by atoms with Crippen molar-refractivity contribution in [1.82, 2.24) is 25.1 Å². The fourth-order valence-corrected chi connectivity index (χ4v) is 7.70. The minimum Gasteiger partial charge on any atom is -0.334 e. The largest absolute Gasteiger partial charge is 0.439 e. The van der Waals surface area contributed by atoms with Crippen molar-refractivity contribution < 1.29 is 24.2 Å². The van der Waals surface area contributed by atoms with Crippen molar-refractivity contribution in [2.45, 2.75) is 97.7 Å². The zero-order valence-electron chi connectivity index (χ0n) is 31.8. The zero-order valence-corrected chi connectivity index (χ0v) is 31.8. The molecule has 3 aliphatic heterocycles. The zero-order chi connectivity index (χ0) is 37.6. The van der Waals surface area contributed by atoms with E-state index in [1.165, 1.54) is 7.11 Å². The SMILES string of the molecule is CC[C@H](C)[C@H](C)C(=O)N1CCC[C@H]1c1ncc(C#Cc2ccc3cc(C4=CN=C([C@@H]5CCCN5C(=O)[C@@H](NC(=O)OOC)[C@@H](C)CC)C4)ccc3c2)[nH]1. The maximum atomic E-state index is 13.8. The van der Waals surface area contributed by atoms with E-state index >= 15 is 0 Å². The Morgan fingerprint density at radius 3 is 2.36 bits per heavy atom. The van der Waals surface area contributed by atoms with Gasteiger partial charge in [0.1, 0.15) is 17.6 Å². The predicted molar refractivity (Wildman–Crippen MR) is 205 cm³/mol. The second-order valence-corrected chi connectivity index (χ2v) is 14.8. The van der Waals surface area contributed by atoms with E-state index in [-0.39, 0.29) is 35.7 Å². The Labute approximate surface area is 312 Å². The monoisotopic (exact) mass is 720 g/mol. The molecule has 3 aliphatic rings. The molecular formula is C42H52N6O5. The summed E-state index contributed by atoms with van der Waals surface area (Å²) in [5.41, 5.74) is 4.80. The minimum atomic E-state index is -0.778. The number of benzene rings is 2. The summed E-state index contributed by atoms with van der Waals surface area (Å²) in [6, 6.07) is 11.7. The van der Waals surface area contributed by atoms with E-state index in [9.17, 15) is 14.4 Å². The minimum absolute atomic E-state index is 0.00657. The van der Waals surface area contributed by atoms with Gasteiger partial charge in [0, 0.05) is 42.9 Å². The van der Waals surface area contributed by atoms with Crippen molar-refractivity contribution in [1.29, 1.82) is 0 Å². The van der Waals surface area contributed by atoms with Crippen LogP contribution in [-0.2, 0) is 19.4 Å². The van der Waals surface area contributed by atoms with Gasteiger partial charge in [0.05, 0.1) is 25.4 Å². The standard InChI is InChI=1S/C42H52N6O5/c1-7-26(3)28(5)40(49)48-20-10-12-37(48)39-44-25-34(45-39)18-14-29-13-15-31-22-32(17-16-30(31)21-29)33-23-35(43-24-33)36-11-9-19-47(36)41(50)38(27(4)8-2)46-42(51)53-52-6/h13,15-17,21-22,24-28,36-38H,7-12,19-20,23H2,1-6H3,(H,44,45)(H,46,51)/t26-,27-,28-,36-,37-,38-/m0/s1. The first-order valence-electron chi connectivity index (χ1n) is 19.1. The second-order valence-electron chi connectivity index (χ2n) is 14.8. The number of hydrogen-bond acceptors (Lipinski definition) is 7. The third-order valence-corrected chi connectivity index (χ3v) is 11.5. The lowest BCUT2D eigenvalue weighted by Crippen LogP contribution is -2.54. The van der Waals surface area contributed by atoms with Crippen molar-refractivity contribution in [2.75, 3.05) is 20.2 Å². The topological polar surface area (TPSA) is 129 Å². The van der Waals surface area contributed by atoms with Crippen molar-refractivity contribution in [2.24, 2.45) is 22.7 Å². The van der Waals surface area contributed by atoms with Crippen molar-refractivity contribution in [3.05, 3.63) is 71.4 Å². The van der Waals surface area contributed by atoms with Gasteiger partial charge in [-0.15, -0.1) is 0 Å². The average Bonchev–Trinajstić information content (AvgIpc) is 4.01. The fourth-order valence-electron chi connectivity index (χ4n) is 7.70. The molecule has 0 aliphatic carbocycles. The van der Waals surface area contributed by atoms with Crippen LogP contribution >= 0.6 is 0 Å². The summed E-state index contributed by atoms with van der Waals surface area (Å²) in [6.07, 6.45) is 8.86. The summed E-state index contributed by atoms with van der Waals surface area (Å²) in [6.45, 7) is 11.6. The summed E-state index contributed by atoms with van der Waals surface area (Å²) in [4.78, 5) is 65.0. The third-order valence-electron chi connectivity index (χ3n) is 11.5. The molecule has 2 N–H and O–H groups in total. The number of amides is 3. The molecule has 2 saturated heterocycles. The van der Waals surface area contributed by atoms with Crippen LogP contribution in [0.25, 0.3) is 16.3 Å². The van der Waals surface area contributed by atoms with E-state index in [0.29, 0.717) is 18.9 Å². The van der Waals surface area contributed by atoms with Gasteiger partial charge >= 0.3 is 6.09 Å². The summed E-state index contributed by atoms with van der Waals surface area (Å²) in [5.74, 6) is 7.68. The first-order valence-corrected chi connectivity index (χ1v) is 19.1. The van der Waals surface area contributed by atoms with Gasteiger partial charge in [-0.1, -0.05) is 71.6 Å². The molecule has 6 rings (SSSR count). The number of hydrogen-bond donors (Lipinski definition) is 2. The molecule has 0 unspecified atom stereocenters. The highest BCUT2D eigenvalue weighted by Crippen LogP contribution is 2.34. The van der Waals surface area contributed by atoms with E-state index in [4.69, 9.17) is 4.99 Å². The smallest absolute Gasteiger partial charge is 0.334 e. The lowest BCUT2D eigenvalue weighted by molar-refractivity contribution is -0.213. The summed E-state index contributed by atoms with van der Waals surface area (Å²) in [5, 5.41) is 4.89. The predicted octanol–water partition coefficient (Wildman–Crippen LogP) is 7.19. The van der Waals surface area contributed by atoms with Gasteiger partial charge in [-0.2, -0.15) is 4.89 Å². The molecule has 6 atom stereocenters. The first kappa shape index (κ1) is 37.8. The lowest BCUT2D eigenvalue weighted by Gasteiger charge is -2.31. The number of nitrogens with one attached hydrogen (secondary N) is 2. The number of aromatic nitrogens is 2. The number of likely N-dealkylation sites (tertiary alicyclic amines) is 2. The molecule has 3 aromatic rings. The molecule has 0 saturated carbocycles. The van der Waals surface area contributed by atoms with Crippen LogP contribution < -0.4 is 5.32 Å². The van der Waals surface area contributed by atoms with Crippen molar-refractivity contribution >= 4 is 40.0 Å². The molecule has 11 heteroatoms. The molecule has 53 heavy (non-hydrogen) atoms. The lowest BCUT2D eigenvalue weighted by atomic mass is 9.92. The van der Waals surface area contributed by atoms with E-state index in [2.05, 4.69) is 81.1 Å². The molecule has 2 aromatic carbocycles. The number of carbonyl (C=O) groups is 3. The number of fused-ring (bicyclic) bond motifs is 1. The summed E-state index contributed by atoms with van der Waals surface area (Å²) >= 11 is 0. The first-order chi connectivity index (χ1) is 25.6. The number of allylic oxidation sites excluding steroid dienone is 1. The molecule has 0 spiro atoms. The Morgan fingerprint density at radius 2 is 1.62 bits per heavy atom. The second kappa shape index (κ2) is 16.8. The number of carbonyl (C=O) groups excluding carboxylic acids is 3. The normalized spacial score (nSPS) is 20.6. The molecule has 1 aromatic heterocycles. The van der Waals surface area contributed by atoms with Crippen LogP contribution in [-0.4, -0.2) is 75.7 Å². The maximum Gasteiger partial charge on any atom is 0.439 e. The third kappa shape index (κ3) is 8.33. The number of nitrogens with zero attached hydrogens (tertiary/aromatic N) is 4. The average molecular weight is 721 g/mol. The highest BCUT2D eigenvalue weighted by molar-refractivity contribution is 6.04. The number of aromatic amines is 1. The Bertz CT molecular complexity index is 1960. The number of imidazole rings is 1. The van der Waals surface area contributed by atoms with Crippen molar-refractivity contribution in [3.8, 4) is 11.8 Å². The van der Waals surface area contributed by atoms with Crippen molar-refractivity contribution in [3.63, 3.8) is 0 Å². The number of H-pyrrole nitrogens is 1. The Hall–Kier alpha value is -4.95. The van der Waals surface area contributed by atoms with Gasteiger partial charge < -0.3 is 20.1 Å². The molecule has 11 nitrogen and oxygen atoms in total. The molecule has 4 heterocycles. The van der Waals surface area contributed by atoms with Gasteiger partial charge in [-0.3, -0.25) is 19.5 Å². The van der Waals surface area contributed by atoms with Crippen LogP contribution in [0, 0.1) is 29.6 Å². The van der Waals surface area contributed by atoms with E-state index in [1.54, 1.807) is 6.20 Å². The van der Waals surface area contributed by atoms with Gasteiger partial charge in [0.25, 0.3) is 0 Å². The van der Waals surface area contributed by atoms with Crippen LogP contribution in [0.4, 0.5) is 4.79 Å². The Kier molecular flexibility index (Phi) is 12.0. The number of aliphatic imine (C=N–C) groups is 1. The molecule has 0 radical (unpaired) electrons. The number of rotatable bonds is 11. The molecule has 280 valence electrons. The fraction of sp³-hybridized carbons (Fsp3) is 0.500. The molecule has 3 amide bonds. The van der Waals surface area contributed by atoms with Gasteiger partial charge in [-0.25, -0.2) is 9.78 Å². The maximum absolute atomic E-state index is 13.8. The summed E-state index contributed by atoms with van der Waals surface area (Å²) < 4.78 is 0. The van der Waals surface area contributed by atoms with Crippen LogP contribution in [0.2, 0.25) is 0 Å². The van der Waals surface area contributed by atoms with Gasteiger partial charge in [0.2, 0.25) is 11.8 Å². The van der Waals surface area contributed by atoms with Crippen LogP contribution in [0.15, 0.2) is 53.8 Å². The molecular weight excluding hydrogens is 668 g/mol. The van der Waals surface area contributed by atoms with Gasteiger partial charge in [0.15, 0.2) is 0 Å². The van der Waals surface area contributed by atoms with Crippen LogP contribution in [0.1, 0.15) is 108 Å². The highest BCUT2D eigenvalue weighted by atomic mass is 17.2. The summed E-state index contributed by atoms with van der Waals surface area (Å²) in [7, 11) is 1.25.